The van der Waals surface area contributed by atoms with Gasteiger partial charge in [0.2, 0.25) is 11.8 Å². The molecular formula is C20H21IN2O2. The van der Waals surface area contributed by atoms with Gasteiger partial charge in [-0.1, -0.05) is 32.3 Å². The van der Waals surface area contributed by atoms with Crippen LogP contribution in [0.2, 0.25) is 0 Å². The summed E-state index contributed by atoms with van der Waals surface area (Å²) in [5.41, 5.74) is 3.17. The first kappa shape index (κ1) is 17.9. The van der Waals surface area contributed by atoms with Gasteiger partial charge in [-0.05, 0) is 65.4 Å². The molecule has 25 heavy (non-hydrogen) atoms. The van der Waals surface area contributed by atoms with Gasteiger partial charge in [-0.3, -0.25) is 4.79 Å². The Kier molecular flexibility index (Phi) is 6.07. The SMILES string of the molecule is CCCCCCC(=O)Nc1ccc2oc(-c3cccc(I)c3)nc2c1. The van der Waals surface area contributed by atoms with Crippen LogP contribution in [-0.2, 0) is 4.79 Å². The van der Waals surface area contributed by atoms with E-state index in [2.05, 4.69) is 39.8 Å². The van der Waals surface area contributed by atoms with Gasteiger partial charge in [-0.15, -0.1) is 0 Å². The Morgan fingerprint density at radius 3 is 2.84 bits per heavy atom. The summed E-state index contributed by atoms with van der Waals surface area (Å²) in [4.78, 5) is 16.6. The monoisotopic (exact) mass is 448 g/mol. The number of amides is 1. The highest BCUT2D eigenvalue weighted by Crippen LogP contribution is 2.27. The highest BCUT2D eigenvalue weighted by atomic mass is 127. The number of fused-ring (bicyclic) bond motifs is 1. The first-order valence-electron chi connectivity index (χ1n) is 8.62. The van der Waals surface area contributed by atoms with E-state index in [9.17, 15) is 4.79 Å². The molecule has 1 heterocycles. The number of nitrogens with zero attached hydrogens (tertiary/aromatic N) is 1. The number of anilines is 1. The number of rotatable bonds is 7. The van der Waals surface area contributed by atoms with Crippen molar-refractivity contribution < 1.29 is 9.21 Å². The second-order valence-electron chi connectivity index (χ2n) is 6.07. The van der Waals surface area contributed by atoms with Crippen LogP contribution in [0.15, 0.2) is 46.9 Å². The van der Waals surface area contributed by atoms with E-state index in [1.165, 1.54) is 12.8 Å². The minimum absolute atomic E-state index is 0.0526. The third kappa shape index (κ3) is 4.81. The average molecular weight is 448 g/mol. The van der Waals surface area contributed by atoms with E-state index in [0.29, 0.717) is 12.3 Å². The molecule has 0 unspecified atom stereocenters. The molecule has 0 saturated heterocycles. The fourth-order valence-corrected chi connectivity index (χ4v) is 3.23. The second kappa shape index (κ2) is 8.47. The molecule has 3 rings (SSSR count). The molecule has 4 nitrogen and oxygen atoms in total. The second-order valence-corrected chi connectivity index (χ2v) is 7.32. The van der Waals surface area contributed by atoms with Gasteiger partial charge in [0, 0.05) is 21.2 Å². The maximum atomic E-state index is 12.0. The van der Waals surface area contributed by atoms with Crippen LogP contribution in [0.5, 0.6) is 0 Å². The number of unbranched alkanes of at least 4 members (excludes halogenated alkanes) is 3. The predicted molar refractivity (Wildman–Crippen MR) is 110 cm³/mol. The minimum Gasteiger partial charge on any atom is -0.436 e. The summed E-state index contributed by atoms with van der Waals surface area (Å²) in [5, 5.41) is 2.95. The van der Waals surface area contributed by atoms with Crippen LogP contribution in [0, 0.1) is 3.57 Å². The molecular weight excluding hydrogens is 427 g/mol. The van der Waals surface area contributed by atoms with Crippen molar-refractivity contribution in [2.75, 3.05) is 5.32 Å². The molecule has 5 heteroatoms. The van der Waals surface area contributed by atoms with Crippen molar-refractivity contribution in [3.05, 3.63) is 46.0 Å². The van der Waals surface area contributed by atoms with Crippen molar-refractivity contribution in [2.24, 2.45) is 0 Å². The predicted octanol–water partition coefficient (Wildman–Crippen LogP) is 6.01. The molecule has 0 bridgehead atoms. The van der Waals surface area contributed by atoms with Crippen molar-refractivity contribution in [2.45, 2.75) is 39.0 Å². The third-order valence-corrected chi connectivity index (χ3v) is 4.67. The average Bonchev–Trinajstić information content (AvgIpc) is 3.02. The molecule has 3 aromatic rings. The zero-order valence-electron chi connectivity index (χ0n) is 14.2. The Labute approximate surface area is 161 Å². The molecule has 0 fully saturated rings. The largest absolute Gasteiger partial charge is 0.436 e. The third-order valence-electron chi connectivity index (χ3n) is 4.00. The molecule has 1 N–H and O–H groups in total. The van der Waals surface area contributed by atoms with Gasteiger partial charge in [0.1, 0.15) is 5.52 Å². The Hall–Kier alpha value is -1.89. The van der Waals surface area contributed by atoms with E-state index in [-0.39, 0.29) is 5.91 Å². The summed E-state index contributed by atoms with van der Waals surface area (Å²) in [7, 11) is 0. The van der Waals surface area contributed by atoms with Gasteiger partial charge in [0.25, 0.3) is 0 Å². The normalized spacial score (nSPS) is 11.0. The zero-order chi connectivity index (χ0) is 17.6. The maximum absolute atomic E-state index is 12.0. The van der Waals surface area contributed by atoms with E-state index in [1.54, 1.807) is 0 Å². The standard InChI is InChI=1S/C20H21IN2O2/c1-2-3-4-5-9-19(24)22-16-10-11-18-17(13-16)23-20(25-18)14-7-6-8-15(21)12-14/h6-8,10-13H,2-5,9H2,1H3,(H,22,24). The molecule has 1 amide bonds. The van der Waals surface area contributed by atoms with E-state index in [0.717, 1.165) is 38.8 Å². The van der Waals surface area contributed by atoms with Crippen LogP contribution in [-0.4, -0.2) is 10.9 Å². The van der Waals surface area contributed by atoms with Gasteiger partial charge in [-0.25, -0.2) is 4.98 Å². The highest BCUT2D eigenvalue weighted by Gasteiger charge is 2.10. The van der Waals surface area contributed by atoms with Crippen molar-refractivity contribution in [3.8, 4) is 11.5 Å². The van der Waals surface area contributed by atoms with E-state index < -0.39 is 0 Å². The number of hydrogen-bond donors (Lipinski definition) is 1. The van der Waals surface area contributed by atoms with E-state index in [1.807, 2.05) is 42.5 Å². The number of hydrogen-bond acceptors (Lipinski definition) is 3. The maximum Gasteiger partial charge on any atom is 0.227 e. The van der Waals surface area contributed by atoms with Crippen molar-refractivity contribution in [1.29, 1.82) is 0 Å². The lowest BCUT2D eigenvalue weighted by atomic mass is 10.1. The molecule has 2 aromatic carbocycles. The fraction of sp³-hybridized carbons (Fsp3) is 0.300. The van der Waals surface area contributed by atoms with Crippen LogP contribution in [0.25, 0.3) is 22.6 Å². The Balaban J connectivity index is 1.71. The van der Waals surface area contributed by atoms with Crippen LogP contribution in [0.3, 0.4) is 0 Å². The molecule has 0 aliphatic carbocycles. The van der Waals surface area contributed by atoms with Crippen LogP contribution in [0.1, 0.15) is 39.0 Å². The number of carbonyl (C=O) groups excluding carboxylic acids is 1. The van der Waals surface area contributed by atoms with Crippen LogP contribution >= 0.6 is 22.6 Å². The van der Waals surface area contributed by atoms with Gasteiger partial charge >= 0.3 is 0 Å². The molecule has 0 spiro atoms. The minimum atomic E-state index is 0.0526. The van der Waals surface area contributed by atoms with E-state index in [4.69, 9.17) is 4.42 Å². The summed E-state index contributed by atoms with van der Waals surface area (Å²) in [5.74, 6) is 0.647. The van der Waals surface area contributed by atoms with Crippen LogP contribution in [0.4, 0.5) is 5.69 Å². The van der Waals surface area contributed by atoms with Gasteiger partial charge in [0.15, 0.2) is 5.58 Å². The number of nitrogens with one attached hydrogen (secondary N) is 1. The van der Waals surface area contributed by atoms with Crippen LogP contribution < -0.4 is 5.32 Å². The molecule has 0 radical (unpaired) electrons. The summed E-state index contributed by atoms with van der Waals surface area (Å²) < 4.78 is 6.97. The molecule has 0 aliphatic rings. The lowest BCUT2D eigenvalue weighted by Crippen LogP contribution is -2.10. The lowest BCUT2D eigenvalue weighted by molar-refractivity contribution is -0.116. The number of halogens is 1. The summed E-state index contributed by atoms with van der Waals surface area (Å²) in [6.07, 6.45) is 4.95. The summed E-state index contributed by atoms with van der Waals surface area (Å²) >= 11 is 2.27. The molecule has 1 aromatic heterocycles. The topological polar surface area (TPSA) is 55.1 Å². The van der Waals surface area contributed by atoms with E-state index >= 15 is 0 Å². The number of benzene rings is 2. The first-order valence-corrected chi connectivity index (χ1v) is 9.70. The zero-order valence-corrected chi connectivity index (χ0v) is 16.4. The van der Waals surface area contributed by atoms with Gasteiger partial charge in [-0.2, -0.15) is 0 Å². The summed E-state index contributed by atoms with van der Waals surface area (Å²) in [6, 6.07) is 13.6. The Bertz CT molecular complexity index is 873. The quantitative estimate of drug-likeness (QED) is 0.356. The summed E-state index contributed by atoms with van der Waals surface area (Å²) in [6.45, 7) is 2.16. The van der Waals surface area contributed by atoms with Crippen molar-refractivity contribution in [3.63, 3.8) is 0 Å². The molecule has 0 saturated carbocycles. The van der Waals surface area contributed by atoms with Gasteiger partial charge < -0.3 is 9.73 Å². The van der Waals surface area contributed by atoms with Crippen molar-refractivity contribution in [1.82, 2.24) is 4.98 Å². The lowest BCUT2D eigenvalue weighted by Gasteiger charge is -2.04. The molecule has 0 aliphatic heterocycles. The highest BCUT2D eigenvalue weighted by molar-refractivity contribution is 14.1. The van der Waals surface area contributed by atoms with Gasteiger partial charge in [0.05, 0.1) is 0 Å². The number of aromatic nitrogens is 1. The Morgan fingerprint density at radius 2 is 2.04 bits per heavy atom. The smallest absolute Gasteiger partial charge is 0.227 e. The number of carbonyl (C=O) groups is 1. The molecule has 130 valence electrons. The first-order chi connectivity index (χ1) is 12.2. The molecule has 0 atom stereocenters. The fourth-order valence-electron chi connectivity index (χ4n) is 2.69. The Morgan fingerprint density at radius 1 is 1.16 bits per heavy atom. The number of oxazole rings is 1. The van der Waals surface area contributed by atoms with Crippen molar-refractivity contribution >= 4 is 45.3 Å².